The molecule has 108 valence electrons. The van der Waals surface area contributed by atoms with E-state index in [9.17, 15) is 8.42 Å². The van der Waals surface area contributed by atoms with Gasteiger partial charge in [0.25, 0.3) is 0 Å². The number of hydrogen-bond donors (Lipinski definition) is 2. The van der Waals surface area contributed by atoms with Crippen molar-refractivity contribution in [1.29, 1.82) is 0 Å². The van der Waals surface area contributed by atoms with Gasteiger partial charge < -0.3 is 5.32 Å². The highest BCUT2D eigenvalue weighted by Gasteiger charge is 2.12. The van der Waals surface area contributed by atoms with Crippen LogP contribution in [0, 0.1) is 0 Å². The topological polar surface area (TPSA) is 58.2 Å². The van der Waals surface area contributed by atoms with Crippen LogP contribution in [0.3, 0.4) is 0 Å². The molecule has 4 nitrogen and oxygen atoms in total. The quantitative estimate of drug-likeness (QED) is 0.822. The lowest BCUT2D eigenvalue weighted by Crippen LogP contribution is -2.25. The Morgan fingerprint density at radius 3 is 2.45 bits per heavy atom. The van der Waals surface area contributed by atoms with Gasteiger partial charge in [0, 0.05) is 13.1 Å². The van der Waals surface area contributed by atoms with E-state index in [2.05, 4.69) is 10.0 Å². The molecule has 1 aromatic carbocycles. The number of benzene rings is 1. The van der Waals surface area contributed by atoms with E-state index in [1.54, 1.807) is 23.5 Å². The molecule has 20 heavy (non-hydrogen) atoms. The maximum Gasteiger partial charge on any atom is 0.240 e. The van der Waals surface area contributed by atoms with Crippen LogP contribution in [0.5, 0.6) is 0 Å². The Kier molecular flexibility index (Phi) is 5.31. The van der Waals surface area contributed by atoms with Gasteiger partial charge in [0.1, 0.15) is 0 Å². The van der Waals surface area contributed by atoms with Crippen molar-refractivity contribution in [2.75, 3.05) is 13.6 Å². The fourth-order valence-electron chi connectivity index (χ4n) is 1.84. The molecule has 0 unspecified atom stereocenters. The molecule has 1 heterocycles. The molecule has 0 aliphatic carbocycles. The Hall–Kier alpha value is -1.21. The van der Waals surface area contributed by atoms with Gasteiger partial charge in [-0.05, 0) is 53.6 Å². The molecule has 2 aromatic rings. The summed E-state index contributed by atoms with van der Waals surface area (Å²) in [6.45, 7) is 1.14. The summed E-state index contributed by atoms with van der Waals surface area (Å²) in [5.41, 5.74) is 2.21. The van der Waals surface area contributed by atoms with Gasteiger partial charge in [-0.3, -0.25) is 0 Å². The molecule has 0 aliphatic rings. The maximum atomic E-state index is 12.1. The van der Waals surface area contributed by atoms with Gasteiger partial charge in [0.05, 0.1) is 4.90 Å². The largest absolute Gasteiger partial charge is 0.316 e. The first-order chi connectivity index (χ1) is 9.62. The molecule has 2 N–H and O–H groups in total. The molecule has 0 saturated heterocycles. The average molecular weight is 310 g/mol. The monoisotopic (exact) mass is 310 g/mol. The van der Waals surface area contributed by atoms with Gasteiger partial charge in [0.2, 0.25) is 10.0 Å². The number of rotatable bonds is 7. The number of sulfonamides is 1. The highest BCUT2D eigenvalue weighted by molar-refractivity contribution is 7.89. The summed E-state index contributed by atoms with van der Waals surface area (Å²) >= 11 is 1.62. The van der Waals surface area contributed by atoms with E-state index in [0.717, 1.165) is 17.7 Å². The number of hydrogen-bond acceptors (Lipinski definition) is 4. The van der Waals surface area contributed by atoms with E-state index in [1.165, 1.54) is 0 Å². The van der Waals surface area contributed by atoms with Crippen LogP contribution in [0.25, 0.3) is 0 Å². The van der Waals surface area contributed by atoms with Crippen molar-refractivity contribution in [2.45, 2.75) is 17.9 Å². The molecule has 6 heteroatoms. The second kappa shape index (κ2) is 6.99. The lowest BCUT2D eigenvalue weighted by atomic mass is 10.2. The molecule has 1 aromatic heterocycles. The molecule has 0 fully saturated rings. The van der Waals surface area contributed by atoms with Crippen LogP contribution in [-0.2, 0) is 23.0 Å². The lowest BCUT2D eigenvalue weighted by Gasteiger charge is -2.07. The summed E-state index contributed by atoms with van der Waals surface area (Å²) < 4.78 is 26.8. The predicted molar refractivity (Wildman–Crippen MR) is 82.4 cm³/mol. The van der Waals surface area contributed by atoms with Gasteiger partial charge in [0.15, 0.2) is 0 Å². The summed E-state index contributed by atoms with van der Waals surface area (Å²) in [4.78, 5) is 0.308. The van der Waals surface area contributed by atoms with Gasteiger partial charge in [-0.25, -0.2) is 13.1 Å². The van der Waals surface area contributed by atoms with Crippen molar-refractivity contribution in [3.05, 3.63) is 52.2 Å². The summed E-state index contributed by atoms with van der Waals surface area (Å²) in [7, 11) is -1.55. The smallest absolute Gasteiger partial charge is 0.240 e. The first-order valence-electron chi connectivity index (χ1n) is 6.36. The van der Waals surface area contributed by atoms with Crippen molar-refractivity contribution in [2.24, 2.45) is 0 Å². The van der Waals surface area contributed by atoms with E-state index in [4.69, 9.17) is 0 Å². The number of nitrogens with one attached hydrogen (secondary N) is 2. The Morgan fingerprint density at radius 2 is 1.85 bits per heavy atom. The first kappa shape index (κ1) is 15.2. The summed E-state index contributed by atoms with van der Waals surface area (Å²) in [5.74, 6) is 0. The van der Waals surface area contributed by atoms with Crippen molar-refractivity contribution in [3.8, 4) is 0 Å². The maximum absolute atomic E-state index is 12.1. The molecule has 0 bridgehead atoms. The van der Waals surface area contributed by atoms with Crippen LogP contribution in [0.15, 0.2) is 46.0 Å². The van der Waals surface area contributed by atoms with Crippen LogP contribution < -0.4 is 10.0 Å². The summed E-state index contributed by atoms with van der Waals surface area (Å²) in [6.07, 6.45) is 0.709. The minimum Gasteiger partial charge on any atom is -0.316 e. The van der Waals surface area contributed by atoms with Crippen LogP contribution >= 0.6 is 11.3 Å². The fourth-order valence-corrected chi connectivity index (χ4v) is 3.57. The first-order valence-corrected chi connectivity index (χ1v) is 8.79. The highest BCUT2D eigenvalue weighted by Crippen LogP contribution is 2.11. The Morgan fingerprint density at radius 1 is 1.10 bits per heavy atom. The van der Waals surface area contributed by atoms with E-state index in [0.29, 0.717) is 17.9 Å². The van der Waals surface area contributed by atoms with Crippen LogP contribution in [0.4, 0.5) is 0 Å². The lowest BCUT2D eigenvalue weighted by molar-refractivity contribution is 0.581. The zero-order chi connectivity index (χ0) is 14.4. The van der Waals surface area contributed by atoms with Crippen molar-refractivity contribution < 1.29 is 8.42 Å². The van der Waals surface area contributed by atoms with E-state index in [1.807, 2.05) is 36.0 Å². The minimum absolute atomic E-state index is 0.308. The third kappa shape index (κ3) is 4.14. The second-order valence-electron chi connectivity index (χ2n) is 4.45. The van der Waals surface area contributed by atoms with E-state index < -0.39 is 10.0 Å². The predicted octanol–water partition coefficient (Wildman–Crippen LogP) is 1.99. The molecule has 0 amide bonds. The van der Waals surface area contributed by atoms with Crippen molar-refractivity contribution in [3.63, 3.8) is 0 Å². The van der Waals surface area contributed by atoms with Crippen LogP contribution in [0.1, 0.15) is 11.1 Å². The SMILES string of the molecule is CNCc1ccc(S(=O)(=O)NCCc2ccsc2)cc1. The van der Waals surface area contributed by atoms with Gasteiger partial charge in [-0.1, -0.05) is 12.1 Å². The van der Waals surface area contributed by atoms with Crippen LogP contribution in [-0.4, -0.2) is 22.0 Å². The highest BCUT2D eigenvalue weighted by atomic mass is 32.2. The Balaban J connectivity index is 1.95. The van der Waals surface area contributed by atoms with E-state index in [-0.39, 0.29) is 0 Å². The van der Waals surface area contributed by atoms with Gasteiger partial charge in [-0.15, -0.1) is 0 Å². The standard InChI is InChI=1S/C14H18N2O2S2/c1-15-10-12-2-4-14(5-3-12)20(17,18)16-8-6-13-7-9-19-11-13/h2-5,7,9,11,15-16H,6,8,10H2,1H3. The van der Waals surface area contributed by atoms with E-state index >= 15 is 0 Å². The third-order valence-corrected chi connectivity index (χ3v) is 5.11. The Labute approximate surface area is 123 Å². The van der Waals surface area contributed by atoms with Crippen molar-refractivity contribution in [1.82, 2.24) is 10.0 Å². The van der Waals surface area contributed by atoms with Crippen LogP contribution in [0.2, 0.25) is 0 Å². The van der Waals surface area contributed by atoms with Crippen molar-refractivity contribution >= 4 is 21.4 Å². The van der Waals surface area contributed by atoms with Gasteiger partial charge >= 0.3 is 0 Å². The molecule has 0 atom stereocenters. The zero-order valence-electron chi connectivity index (χ0n) is 11.3. The summed E-state index contributed by atoms with van der Waals surface area (Å²) in [5, 5.41) is 7.05. The zero-order valence-corrected chi connectivity index (χ0v) is 12.9. The summed E-state index contributed by atoms with van der Waals surface area (Å²) in [6, 6.07) is 8.93. The fraction of sp³-hybridized carbons (Fsp3) is 0.286. The second-order valence-corrected chi connectivity index (χ2v) is 7.00. The molecule has 0 aliphatic heterocycles. The molecule has 0 radical (unpaired) electrons. The molecular formula is C14H18N2O2S2. The molecule has 2 rings (SSSR count). The normalized spacial score (nSPS) is 11.7. The average Bonchev–Trinajstić information content (AvgIpc) is 2.93. The minimum atomic E-state index is -3.41. The third-order valence-electron chi connectivity index (χ3n) is 2.90. The van der Waals surface area contributed by atoms with Gasteiger partial charge in [-0.2, -0.15) is 11.3 Å². The molecule has 0 spiro atoms. The number of thiophene rings is 1. The molecular weight excluding hydrogens is 292 g/mol. The molecule has 0 saturated carbocycles. The Bertz CT molecular complexity index is 620.